The molecule has 2 aliphatic rings. The summed E-state index contributed by atoms with van der Waals surface area (Å²) >= 11 is 0. The van der Waals surface area contributed by atoms with E-state index in [0.717, 1.165) is 31.2 Å². The molecule has 4 rings (SSSR count). The first-order valence-electron chi connectivity index (χ1n) is 12.1. The van der Waals surface area contributed by atoms with Crippen LogP contribution in [-0.2, 0) is 20.8 Å². The van der Waals surface area contributed by atoms with E-state index >= 15 is 0 Å². The lowest BCUT2D eigenvalue weighted by Gasteiger charge is -2.40. The molecule has 1 unspecified atom stereocenters. The lowest BCUT2D eigenvalue weighted by atomic mass is 9.99. The zero-order valence-corrected chi connectivity index (χ0v) is 19.2. The molecule has 0 radical (unpaired) electrons. The van der Waals surface area contributed by atoms with Crippen LogP contribution in [0.2, 0.25) is 0 Å². The number of nitrogens with zero attached hydrogens (tertiary/aromatic N) is 3. The summed E-state index contributed by atoms with van der Waals surface area (Å²) in [6.07, 6.45) is 4.56. The van der Waals surface area contributed by atoms with Crippen LogP contribution in [0.4, 0.5) is 0 Å². The standard InChI is InChI=1S/C27H33N3O3/c31-24(16-9-12-22-10-3-1-4-11-22)28-18-20-29(21-19-28)27(33)26(23-13-5-2-6-14-23)30-17-8-7-15-25(30)32/h1-6,10-11,13-14,26H,7-9,12,15-21H2. The van der Waals surface area contributed by atoms with Crippen LogP contribution in [0.25, 0.3) is 0 Å². The molecule has 3 amide bonds. The molecule has 174 valence electrons. The first-order valence-corrected chi connectivity index (χ1v) is 12.1. The summed E-state index contributed by atoms with van der Waals surface area (Å²) in [4.78, 5) is 44.4. The molecular weight excluding hydrogens is 414 g/mol. The number of likely N-dealkylation sites (tertiary alicyclic amines) is 1. The Kier molecular flexibility index (Phi) is 7.76. The second-order valence-electron chi connectivity index (χ2n) is 8.90. The van der Waals surface area contributed by atoms with Crippen LogP contribution in [0.1, 0.15) is 49.3 Å². The van der Waals surface area contributed by atoms with Gasteiger partial charge in [-0.25, -0.2) is 0 Å². The Morgan fingerprint density at radius 3 is 2.09 bits per heavy atom. The van der Waals surface area contributed by atoms with Crippen molar-refractivity contribution in [3.63, 3.8) is 0 Å². The molecule has 2 aromatic rings. The maximum atomic E-state index is 13.6. The van der Waals surface area contributed by atoms with Gasteiger partial charge in [-0.15, -0.1) is 0 Å². The second-order valence-corrected chi connectivity index (χ2v) is 8.90. The molecule has 0 aromatic heterocycles. The van der Waals surface area contributed by atoms with Crippen LogP contribution in [0.3, 0.4) is 0 Å². The zero-order chi connectivity index (χ0) is 23.0. The Hall–Kier alpha value is -3.15. The van der Waals surface area contributed by atoms with Crippen molar-refractivity contribution in [2.45, 2.75) is 44.6 Å². The maximum Gasteiger partial charge on any atom is 0.250 e. The average molecular weight is 448 g/mol. The Labute approximate surface area is 196 Å². The van der Waals surface area contributed by atoms with Gasteiger partial charge < -0.3 is 14.7 Å². The van der Waals surface area contributed by atoms with Crippen molar-refractivity contribution in [2.24, 2.45) is 0 Å². The first-order chi connectivity index (χ1) is 16.1. The molecule has 2 heterocycles. The van der Waals surface area contributed by atoms with Gasteiger partial charge in [0.15, 0.2) is 0 Å². The molecule has 0 bridgehead atoms. The third kappa shape index (κ3) is 5.81. The van der Waals surface area contributed by atoms with Crippen molar-refractivity contribution >= 4 is 17.7 Å². The topological polar surface area (TPSA) is 60.9 Å². The summed E-state index contributed by atoms with van der Waals surface area (Å²) in [6, 6.07) is 19.2. The molecule has 0 aliphatic carbocycles. The fraction of sp³-hybridized carbons (Fsp3) is 0.444. The minimum absolute atomic E-state index is 0.0346. The van der Waals surface area contributed by atoms with Crippen molar-refractivity contribution in [3.05, 3.63) is 71.8 Å². The summed E-state index contributed by atoms with van der Waals surface area (Å²) in [6.45, 7) is 2.73. The Morgan fingerprint density at radius 1 is 0.788 bits per heavy atom. The smallest absolute Gasteiger partial charge is 0.250 e. The minimum atomic E-state index is -0.577. The largest absolute Gasteiger partial charge is 0.339 e. The predicted molar refractivity (Wildman–Crippen MR) is 127 cm³/mol. The number of benzene rings is 2. The molecule has 2 aliphatic heterocycles. The van der Waals surface area contributed by atoms with Crippen molar-refractivity contribution in [3.8, 4) is 0 Å². The van der Waals surface area contributed by atoms with E-state index < -0.39 is 6.04 Å². The minimum Gasteiger partial charge on any atom is -0.339 e. The molecule has 1 atom stereocenters. The Morgan fingerprint density at radius 2 is 1.42 bits per heavy atom. The number of piperazine rings is 1. The van der Waals surface area contributed by atoms with Gasteiger partial charge in [-0.3, -0.25) is 14.4 Å². The molecule has 2 fully saturated rings. The average Bonchev–Trinajstić information content (AvgIpc) is 2.86. The number of carbonyl (C=O) groups excluding carboxylic acids is 3. The maximum absolute atomic E-state index is 13.6. The van der Waals surface area contributed by atoms with E-state index in [2.05, 4.69) is 12.1 Å². The number of piperidine rings is 1. The Bertz CT molecular complexity index is 940. The van der Waals surface area contributed by atoms with Crippen molar-refractivity contribution in [2.75, 3.05) is 32.7 Å². The second kappa shape index (κ2) is 11.1. The van der Waals surface area contributed by atoms with Gasteiger partial charge in [0.05, 0.1) is 0 Å². The fourth-order valence-electron chi connectivity index (χ4n) is 4.79. The monoisotopic (exact) mass is 447 g/mol. The third-order valence-corrected chi connectivity index (χ3v) is 6.66. The SMILES string of the molecule is O=C(CCCc1ccccc1)N1CCN(C(=O)C(c2ccccc2)N2CCCCC2=O)CC1. The molecule has 0 spiro atoms. The molecule has 33 heavy (non-hydrogen) atoms. The summed E-state index contributed by atoms with van der Waals surface area (Å²) in [5.41, 5.74) is 2.11. The van der Waals surface area contributed by atoms with E-state index in [1.54, 1.807) is 4.90 Å². The highest BCUT2D eigenvalue weighted by Crippen LogP contribution is 2.28. The highest BCUT2D eigenvalue weighted by molar-refractivity contribution is 5.89. The van der Waals surface area contributed by atoms with E-state index in [4.69, 9.17) is 0 Å². The number of hydrogen-bond acceptors (Lipinski definition) is 3. The number of carbonyl (C=O) groups is 3. The van der Waals surface area contributed by atoms with Crippen LogP contribution >= 0.6 is 0 Å². The van der Waals surface area contributed by atoms with Crippen LogP contribution in [0, 0.1) is 0 Å². The van der Waals surface area contributed by atoms with Gasteiger partial charge in [-0.05, 0) is 36.8 Å². The van der Waals surface area contributed by atoms with Crippen LogP contribution in [0.5, 0.6) is 0 Å². The van der Waals surface area contributed by atoms with Crippen LogP contribution in [0.15, 0.2) is 60.7 Å². The predicted octanol–water partition coefficient (Wildman–Crippen LogP) is 3.43. The molecular formula is C27H33N3O3. The summed E-state index contributed by atoms with van der Waals surface area (Å²) in [7, 11) is 0. The molecule has 0 N–H and O–H groups in total. The van der Waals surface area contributed by atoms with E-state index in [1.165, 1.54) is 5.56 Å². The molecule has 2 aromatic carbocycles. The van der Waals surface area contributed by atoms with Crippen molar-refractivity contribution in [1.29, 1.82) is 0 Å². The number of rotatable bonds is 7. The quantitative estimate of drug-likeness (QED) is 0.653. The van der Waals surface area contributed by atoms with Gasteiger partial charge in [0.2, 0.25) is 17.7 Å². The number of aryl methyl sites for hydroxylation is 1. The fourth-order valence-corrected chi connectivity index (χ4v) is 4.79. The normalized spacial score (nSPS) is 17.7. The van der Waals surface area contributed by atoms with Crippen molar-refractivity contribution in [1.82, 2.24) is 14.7 Å². The number of amides is 3. The van der Waals surface area contributed by atoms with Gasteiger partial charge in [-0.2, -0.15) is 0 Å². The third-order valence-electron chi connectivity index (χ3n) is 6.66. The summed E-state index contributed by atoms with van der Waals surface area (Å²) in [5, 5.41) is 0. The molecule has 0 saturated carbocycles. The lowest BCUT2D eigenvalue weighted by Crippen LogP contribution is -2.54. The van der Waals surface area contributed by atoms with E-state index in [9.17, 15) is 14.4 Å². The van der Waals surface area contributed by atoms with Gasteiger partial charge in [0.25, 0.3) is 0 Å². The zero-order valence-electron chi connectivity index (χ0n) is 19.2. The van der Waals surface area contributed by atoms with Gasteiger partial charge in [0, 0.05) is 45.6 Å². The van der Waals surface area contributed by atoms with Crippen LogP contribution < -0.4 is 0 Å². The summed E-state index contributed by atoms with van der Waals surface area (Å²) in [5.74, 6) is 0.173. The van der Waals surface area contributed by atoms with Crippen LogP contribution in [-0.4, -0.2) is 65.1 Å². The van der Waals surface area contributed by atoms with E-state index in [1.807, 2.05) is 58.3 Å². The first kappa shape index (κ1) is 23.0. The highest BCUT2D eigenvalue weighted by Gasteiger charge is 2.36. The highest BCUT2D eigenvalue weighted by atomic mass is 16.2. The number of hydrogen-bond donors (Lipinski definition) is 0. The van der Waals surface area contributed by atoms with E-state index in [-0.39, 0.29) is 17.7 Å². The summed E-state index contributed by atoms with van der Waals surface area (Å²) < 4.78 is 0. The Balaban J connectivity index is 1.33. The van der Waals surface area contributed by atoms with E-state index in [0.29, 0.717) is 45.6 Å². The molecule has 6 nitrogen and oxygen atoms in total. The molecule has 2 saturated heterocycles. The van der Waals surface area contributed by atoms with Gasteiger partial charge in [0.1, 0.15) is 6.04 Å². The van der Waals surface area contributed by atoms with Crippen molar-refractivity contribution < 1.29 is 14.4 Å². The van der Waals surface area contributed by atoms with Gasteiger partial charge in [-0.1, -0.05) is 60.7 Å². The lowest BCUT2D eigenvalue weighted by molar-refractivity contribution is -0.150. The molecule has 6 heteroatoms. The van der Waals surface area contributed by atoms with Gasteiger partial charge >= 0.3 is 0 Å².